The molecule has 5 rings (SSSR count). The summed E-state index contributed by atoms with van der Waals surface area (Å²) in [5.41, 5.74) is 2.81. The molecule has 0 unspecified atom stereocenters. The highest BCUT2D eigenvalue weighted by molar-refractivity contribution is 14.1. The third kappa shape index (κ3) is 6.11. The molecule has 36 heavy (non-hydrogen) atoms. The Morgan fingerprint density at radius 1 is 1.03 bits per heavy atom. The van der Waals surface area contributed by atoms with Gasteiger partial charge in [0.25, 0.3) is 5.91 Å². The Hall–Kier alpha value is -2.82. The summed E-state index contributed by atoms with van der Waals surface area (Å²) < 4.78 is 13.5. The van der Waals surface area contributed by atoms with Gasteiger partial charge in [-0.3, -0.25) is 9.69 Å². The second kappa shape index (κ2) is 11.5. The summed E-state index contributed by atoms with van der Waals surface area (Å²) in [6, 6.07) is 27.3. The molecule has 1 amide bonds. The molecule has 2 heterocycles. The Morgan fingerprint density at radius 3 is 2.56 bits per heavy atom. The predicted octanol–water partition coefficient (Wildman–Crippen LogP) is 8.03. The minimum atomic E-state index is -0.100. The van der Waals surface area contributed by atoms with Gasteiger partial charge in [-0.2, -0.15) is 0 Å². The number of thioether (sulfide) groups is 1. The van der Waals surface area contributed by atoms with Crippen LogP contribution in [0.5, 0.6) is 5.75 Å². The first-order valence-corrected chi connectivity index (χ1v) is 13.8. The Kier molecular flexibility index (Phi) is 7.93. The molecule has 0 spiro atoms. The Bertz CT molecular complexity index is 1420. The van der Waals surface area contributed by atoms with Gasteiger partial charge in [0.1, 0.15) is 18.1 Å². The molecule has 5 nitrogen and oxygen atoms in total. The first-order valence-electron chi connectivity index (χ1n) is 11.1. The van der Waals surface area contributed by atoms with E-state index in [0.29, 0.717) is 29.0 Å². The SMILES string of the molecule is O=C1/C(=C/c2ccc(OCc3ccc(Br)cc3)c(I)c2)SC(=Nc2ccccc2)N1Cc1ccco1. The van der Waals surface area contributed by atoms with Crippen LogP contribution in [-0.4, -0.2) is 16.0 Å². The van der Waals surface area contributed by atoms with Crippen LogP contribution in [0, 0.1) is 3.57 Å². The highest BCUT2D eigenvalue weighted by Crippen LogP contribution is 2.36. The number of amidine groups is 1. The van der Waals surface area contributed by atoms with Gasteiger partial charge < -0.3 is 9.15 Å². The highest BCUT2D eigenvalue weighted by atomic mass is 127. The maximum absolute atomic E-state index is 13.4. The van der Waals surface area contributed by atoms with E-state index in [-0.39, 0.29) is 5.91 Å². The molecule has 0 bridgehead atoms. The average Bonchev–Trinajstić information content (AvgIpc) is 3.50. The molecule has 3 aromatic carbocycles. The van der Waals surface area contributed by atoms with Crippen LogP contribution in [0.15, 0.2) is 110 Å². The molecule has 0 radical (unpaired) electrons. The number of benzene rings is 3. The molecule has 0 atom stereocenters. The van der Waals surface area contributed by atoms with Crippen molar-refractivity contribution in [1.29, 1.82) is 0 Å². The number of para-hydroxylation sites is 1. The van der Waals surface area contributed by atoms with Crippen LogP contribution in [0.3, 0.4) is 0 Å². The fraction of sp³-hybridized carbons (Fsp3) is 0.0714. The molecule has 1 aliphatic heterocycles. The zero-order valence-electron chi connectivity index (χ0n) is 18.9. The molecule has 1 aromatic heterocycles. The molecular weight excluding hydrogens is 651 g/mol. The van der Waals surface area contributed by atoms with Crippen LogP contribution in [0.1, 0.15) is 16.9 Å². The number of rotatable bonds is 7. The van der Waals surface area contributed by atoms with E-state index in [2.05, 4.69) is 38.5 Å². The van der Waals surface area contributed by atoms with Crippen molar-refractivity contribution in [3.63, 3.8) is 0 Å². The van der Waals surface area contributed by atoms with Crippen LogP contribution >= 0.6 is 50.3 Å². The van der Waals surface area contributed by atoms with Gasteiger partial charge in [-0.15, -0.1) is 0 Å². The Labute approximate surface area is 235 Å². The highest BCUT2D eigenvalue weighted by Gasteiger charge is 2.34. The minimum Gasteiger partial charge on any atom is -0.488 e. The van der Waals surface area contributed by atoms with Gasteiger partial charge in [-0.05, 0) is 100 Å². The topological polar surface area (TPSA) is 55.0 Å². The summed E-state index contributed by atoms with van der Waals surface area (Å²) in [5.74, 6) is 1.40. The second-order valence-electron chi connectivity index (χ2n) is 7.92. The van der Waals surface area contributed by atoms with Gasteiger partial charge in [0.15, 0.2) is 5.17 Å². The van der Waals surface area contributed by atoms with Crippen molar-refractivity contribution >= 4 is 73.1 Å². The van der Waals surface area contributed by atoms with Gasteiger partial charge in [0.05, 0.1) is 27.0 Å². The molecular formula is C28H20BrIN2O3S. The maximum Gasteiger partial charge on any atom is 0.267 e. The number of ether oxygens (including phenoxy) is 1. The van der Waals surface area contributed by atoms with Crippen molar-refractivity contribution in [3.05, 3.63) is 121 Å². The third-order valence-electron chi connectivity index (χ3n) is 5.32. The third-order valence-corrected chi connectivity index (χ3v) is 7.70. The van der Waals surface area contributed by atoms with Gasteiger partial charge in [-0.25, -0.2) is 4.99 Å². The fourth-order valence-corrected chi connectivity index (χ4v) is 5.48. The second-order valence-corrected chi connectivity index (χ2v) is 11.0. The standard InChI is InChI=1S/C28H20BrIN2O3S/c29-21-11-8-19(9-12-21)18-35-25-13-10-20(15-24(25)30)16-26-27(33)32(17-23-7-4-14-34-23)28(36-26)31-22-5-2-1-3-6-22/h1-16H,17-18H2/b26-16-,31-28?. The number of aliphatic imine (C=N–C) groups is 1. The zero-order valence-corrected chi connectivity index (χ0v) is 23.5. The monoisotopic (exact) mass is 670 g/mol. The van der Waals surface area contributed by atoms with E-state index in [1.54, 1.807) is 11.2 Å². The molecule has 0 N–H and O–H groups in total. The van der Waals surface area contributed by atoms with Crippen molar-refractivity contribution in [2.24, 2.45) is 4.99 Å². The number of carbonyl (C=O) groups excluding carboxylic acids is 1. The molecule has 4 aromatic rings. The van der Waals surface area contributed by atoms with Crippen molar-refractivity contribution in [2.75, 3.05) is 0 Å². The number of hydrogen-bond acceptors (Lipinski definition) is 5. The number of hydrogen-bond donors (Lipinski definition) is 0. The summed E-state index contributed by atoms with van der Waals surface area (Å²) in [6.07, 6.45) is 3.51. The van der Waals surface area contributed by atoms with Crippen LogP contribution in [-0.2, 0) is 17.9 Å². The van der Waals surface area contributed by atoms with Crippen LogP contribution in [0.4, 0.5) is 5.69 Å². The van der Waals surface area contributed by atoms with Crippen molar-refractivity contribution in [3.8, 4) is 5.75 Å². The van der Waals surface area contributed by atoms with E-state index in [4.69, 9.17) is 14.1 Å². The van der Waals surface area contributed by atoms with E-state index in [1.165, 1.54) is 11.8 Å². The molecule has 8 heteroatoms. The summed E-state index contributed by atoms with van der Waals surface area (Å²) in [7, 11) is 0. The van der Waals surface area contributed by atoms with Crippen molar-refractivity contribution < 1.29 is 13.9 Å². The van der Waals surface area contributed by atoms with Crippen LogP contribution in [0.25, 0.3) is 6.08 Å². The zero-order chi connectivity index (χ0) is 24.9. The smallest absolute Gasteiger partial charge is 0.267 e. The summed E-state index contributed by atoms with van der Waals surface area (Å²) in [4.78, 5) is 20.3. The van der Waals surface area contributed by atoms with Crippen LogP contribution in [0.2, 0.25) is 0 Å². The summed E-state index contributed by atoms with van der Waals surface area (Å²) in [5, 5.41) is 0.623. The molecule has 180 valence electrons. The number of carbonyl (C=O) groups is 1. The fourth-order valence-electron chi connectivity index (χ4n) is 3.52. The van der Waals surface area contributed by atoms with Gasteiger partial charge >= 0.3 is 0 Å². The quantitative estimate of drug-likeness (QED) is 0.148. The minimum absolute atomic E-state index is 0.100. The predicted molar refractivity (Wildman–Crippen MR) is 156 cm³/mol. The lowest BCUT2D eigenvalue weighted by molar-refractivity contribution is -0.122. The molecule has 0 saturated carbocycles. The van der Waals surface area contributed by atoms with Crippen molar-refractivity contribution in [2.45, 2.75) is 13.2 Å². The molecule has 1 aliphatic rings. The number of furan rings is 1. The molecule has 1 saturated heterocycles. The van der Waals surface area contributed by atoms with Gasteiger partial charge in [0.2, 0.25) is 0 Å². The normalized spacial score (nSPS) is 15.7. The number of halogens is 2. The molecule has 0 aliphatic carbocycles. The number of amides is 1. The van der Waals surface area contributed by atoms with Gasteiger partial charge in [-0.1, -0.05) is 52.3 Å². The van der Waals surface area contributed by atoms with Gasteiger partial charge in [0, 0.05) is 4.47 Å². The lowest BCUT2D eigenvalue weighted by Crippen LogP contribution is -2.28. The van der Waals surface area contributed by atoms with Crippen LogP contribution < -0.4 is 4.74 Å². The summed E-state index contributed by atoms with van der Waals surface area (Å²) >= 11 is 7.08. The van der Waals surface area contributed by atoms with E-state index in [0.717, 1.165) is 30.6 Å². The maximum atomic E-state index is 13.4. The van der Waals surface area contributed by atoms with E-state index >= 15 is 0 Å². The lowest BCUT2D eigenvalue weighted by atomic mass is 10.2. The van der Waals surface area contributed by atoms with E-state index in [1.807, 2.05) is 91.0 Å². The average molecular weight is 671 g/mol. The molecule has 1 fully saturated rings. The largest absolute Gasteiger partial charge is 0.488 e. The summed E-state index contributed by atoms with van der Waals surface area (Å²) in [6.45, 7) is 0.807. The first-order chi connectivity index (χ1) is 17.5. The Morgan fingerprint density at radius 2 is 1.83 bits per heavy atom. The lowest BCUT2D eigenvalue weighted by Gasteiger charge is -2.13. The van der Waals surface area contributed by atoms with E-state index < -0.39 is 0 Å². The van der Waals surface area contributed by atoms with E-state index in [9.17, 15) is 4.79 Å². The van der Waals surface area contributed by atoms with Crippen molar-refractivity contribution in [1.82, 2.24) is 4.90 Å². The Balaban J connectivity index is 1.36. The first kappa shape index (κ1) is 24.9. The number of nitrogens with zero attached hydrogens (tertiary/aromatic N) is 2.